The van der Waals surface area contributed by atoms with Crippen LogP contribution in [0.2, 0.25) is 0 Å². The van der Waals surface area contributed by atoms with Crippen LogP contribution in [0.3, 0.4) is 0 Å². The highest BCUT2D eigenvalue weighted by Gasteiger charge is 2.23. The summed E-state index contributed by atoms with van der Waals surface area (Å²) >= 11 is 0. The molecule has 1 aliphatic rings. The van der Waals surface area contributed by atoms with Gasteiger partial charge in [0.2, 0.25) is 5.91 Å². The number of para-hydroxylation sites is 1. The van der Waals surface area contributed by atoms with E-state index in [9.17, 15) is 4.79 Å². The fraction of sp³-hybridized carbons (Fsp3) is 0.273. The summed E-state index contributed by atoms with van der Waals surface area (Å²) in [5, 5.41) is 8.45. The number of aromatic nitrogens is 4. The Labute approximate surface area is 173 Å². The van der Waals surface area contributed by atoms with Crippen molar-refractivity contribution in [3.63, 3.8) is 0 Å². The van der Waals surface area contributed by atoms with Gasteiger partial charge in [0.15, 0.2) is 0 Å². The molecule has 5 rings (SSSR count). The van der Waals surface area contributed by atoms with Gasteiger partial charge in [-0.15, -0.1) is 0 Å². The number of carbonyl (C=O) groups excluding carboxylic acids is 1. The molecular formula is C22H23N7O. The molecule has 0 unspecified atom stereocenters. The molecule has 1 saturated heterocycles. The van der Waals surface area contributed by atoms with E-state index in [-0.39, 0.29) is 18.5 Å². The van der Waals surface area contributed by atoms with E-state index in [0.29, 0.717) is 0 Å². The van der Waals surface area contributed by atoms with Crippen LogP contribution in [0.4, 0.5) is 11.5 Å². The van der Waals surface area contributed by atoms with Gasteiger partial charge in [0, 0.05) is 36.9 Å². The Bertz CT molecular complexity index is 1180. The Hall–Kier alpha value is -3.68. The largest absolute Gasteiger partial charge is 0.374 e. The SMILES string of the molecule is O=C(CNc1cccc2cccnc12)N[C@H]1CCCN(c2ncnc3[nH]ccc23)C1. The maximum absolute atomic E-state index is 12.6. The quantitative estimate of drug-likeness (QED) is 0.476. The molecule has 8 nitrogen and oxygen atoms in total. The van der Waals surface area contributed by atoms with Crippen molar-refractivity contribution < 1.29 is 4.79 Å². The van der Waals surface area contributed by atoms with E-state index >= 15 is 0 Å². The summed E-state index contributed by atoms with van der Waals surface area (Å²) in [6.45, 7) is 1.87. The normalized spacial score (nSPS) is 16.7. The van der Waals surface area contributed by atoms with Crippen molar-refractivity contribution in [1.29, 1.82) is 0 Å². The van der Waals surface area contributed by atoms with Crippen molar-refractivity contribution in [3.8, 4) is 0 Å². The molecule has 1 aromatic carbocycles. The van der Waals surface area contributed by atoms with Gasteiger partial charge < -0.3 is 20.5 Å². The smallest absolute Gasteiger partial charge is 0.239 e. The topological polar surface area (TPSA) is 98.8 Å². The average molecular weight is 401 g/mol. The van der Waals surface area contributed by atoms with E-state index in [1.54, 1.807) is 12.5 Å². The van der Waals surface area contributed by atoms with Crippen molar-refractivity contribution in [2.24, 2.45) is 0 Å². The molecule has 4 aromatic rings. The van der Waals surface area contributed by atoms with Crippen LogP contribution in [-0.2, 0) is 4.79 Å². The molecule has 0 spiro atoms. The number of anilines is 2. The lowest BCUT2D eigenvalue weighted by molar-refractivity contribution is -0.120. The van der Waals surface area contributed by atoms with Crippen LogP contribution in [0, 0.1) is 0 Å². The first kappa shape index (κ1) is 18.4. The summed E-state index contributed by atoms with van der Waals surface area (Å²) in [6.07, 6.45) is 7.18. The zero-order valence-electron chi connectivity index (χ0n) is 16.5. The number of carbonyl (C=O) groups is 1. The van der Waals surface area contributed by atoms with Gasteiger partial charge in [-0.2, -0.15) is 0 Å². The summed E-state index contributed by atoms with van der Waals surface area (Å²) in [7, 11) is 0. The number of nitrogens with zero attached hydrogens (tertiary/aromatic N) is 4. The Kier molecular flexibility index (Phi) is 4.88. The molecule has 1 atom stereocenters. The first-order chi connectivity index (χ1) is 14.8. The number of piperidine rings is 1. The van der Waals surface area contributed by atoms with Gasteiger partial charge in [0.1, 0.15) is 17.8 Å². The number of rotatable bonds is 5. The van der Waals surface area contributed by atoms with Crippen molar-refractivity contribution in [2.75, 3.05) is 29.9 Å². The maximum Gasteiger partial charge on any atom is 0.239 e. The minimum Gasteiger partial charge on any atom is -0.374 e. The highest BCUT2D eigenvalue weighted by atomic mass is 16.2. The molecule has 0 aliphatic carbocycles. The molecule has 0 bridgehead atoms. The van der Waals surface area contributed by atoms with E-state index in [2.05, 4.69) is 35.5 Å². The minimum atomic E-state index is -0.0238. The molecule has 1 fully saturated rings. The van der Waals surface area contributed by atoms with Crippen LogP contribution < -0.4 is 15.5 Å². The predicted octanol–water partition coefficient (Wildman–Crippen LogP) is 2.70. The number of fused-ring (bicyclic) bond motifs is 2. The molecule has 0 saturated carbocycles. The Morgan fingerprint density at radius 3 is 3.07 bits per heavy atom. The summed E-state index contributed by atoms with van der Waals surface area (Å²) in [4.78, 5) is 31.1. The maximum atomic E-state index is 12.6. The lowest BCUT2D eigenvalue weighted by atomic mass is 10.1. The molecule has 8 heteroatoms. The molecule has 152 valence electrons. The van der Waals surface area contributed by atoms with Crippen LogP contribution in [0.5, 0.6) is 0 Å². The third-order valence-corrected chi connectivity index (χ3v) is 5.49. The molecule has 30 heavy (non-hydrogen) atoms. The standard InChI is InChI=1S/C22H23N7O/c30-19(12-25-18-7-1-4-15-5-2-9-23-20(15)18)28-16-6-3-11-29(13-16)22-17-8-10-24-21(17)26-14-27-22/h1-2,4-5,7-10,14,16,25H,3,6,11-13H2,(H,28,30)(H,24,26,27)/t16-/m0/s1. The lowest BCUT2D eigenvalue weighted by Crippen LogP contribution is -2.49. The van der Waals surface area contributed by atoms with Crippen molar-refractivity contribution in [1.82, 2.24) is 25.3 Å². The van der Waals surface area contributed by atoms with Crippen LogP contribution >= 0.6 is 0 Å². The van der Waals surface area contributed by atoms with Crippen molar-refractivity contribution >= 4 is 39.3 Å². The monoisotopic (exact) mass is 401 g/mol. The van der Waals surface area contributed by atoms with Gasteiger partial charge in [0.05, 0.1) is 23.1 Å². The summed E-state index contributed by atoms with van der Waals surface area (Å²) in [5.74, 6) is 0.893. The molecule has 0 radical (unpaired) electrons. The summed E-state index contributed by atoms with van der Waals surface area (Å²) in [5.41, 5.74) is 2.57. The number of pyridine rings is 1. The second-order valence-electron chi connectivity index (χ2n) is 7.52. The molecule has 4 heterocycles. The van der Waals surface area contributed by atoms with Crippen LogP contribution in [-0.4, -0.2) is 51.5 Å². The second kappa shape index (κ2) is 7.98. The summed E-state index contributed by atoms with van der Waals surface area (Å²) < 4.78 is 0. The van der Waals surface area contributed by atoms with Gasteiger partial charge in [-0.05, 0) is 31.0 Å². The van der Waals surface area contributed by atoms with Crippen LogP contribution in [0.25, 0.3) is 21.9 Å². The van der Waals surface area contributed by atoms with Gasteiger partial charge in [-0.1, -0.05) is 18.2 Å². The first-order valence-corrected chi connectivity index (χ1v) is 10.2. The van der Waals surface area contributed by atoms with Gasteiger partial charge in [-0.25, -0.2) is 9.97 Å². The van der Waals surface area contributed by atoms with Crippen LogP contribution in [0.15, 0.2) is 55.1 Å². The molecule has 1 amide bonds. The number of nitrogens with one attached hydrogen (secondary N) is 3. The zero-order chi connectivity index (χ0) is 20.3. The number of hydrogen-bond acceptors (Lipinski definition) is 6. The first-order valence-electron chi connectivity index (χ1n) is 10.2. The van der Waals surface area contributed by atoms with Crippen molar-refractivity contribution in [2.45, 2.75) is 18.9 Å². The minimum absolute atomic E-state index is 0.0238. The van der Waals surface area contributed by atoms with Crippen molar-refractivity contribution in [3.05, 3.63) is 55.1 Å². The Balaban J connectivity index is 1.22. The molecule has 3 aromatic heterocycles. The number of hydrogen-bond donors (Lipinski definition) is 3. The van der Waals surface area contributed by atoms with Gasteiger partial charge in [0.25, 0.3) is 0 Å². The fourth-order valence-electron chi connectivity index (χ4n) is 4.10. The molecular weight excluding hydrogens is 378 g/mol. The van der Waals surface area contributed by atoms with E-state index in [0.717, 1.165) is 59.4 Å². The third kappa shape index (κ3) is 3.63. The number of benzene rings is 1. The Morgan fingerprint density at radius 1 is 1.17 bits per heavy atom. The zero-order valence-corrected chi connectivity index (χ0v) is 16.5. The fourth-order valence-corrected chi connectivity index (χ4v) is 4.10. The van der Waals surface area contributed by atoms with E-state index < -0.39 is 0 Å². The predicted molar refractivity (Wildman–Crippen MR) is 117 cm³/mol. The van der Waals surface area contributed by atoms with E-state index in [4.69, 9.17) is 0 Å². The number of amides is 1. The highest BCUT2D eigenvalue weighted by molar-refractivity contribution is 5.92. The second-order valence-corrected chi connectivity index (χ2v) is 7.52. The van der Waals surface area contributed by atoms with E-state index in [1.807, 2.05) is 42.6 Å². The molecule has 1 aliphatic heterocycles. The van der Waals surface area contributed by atoms with E-state index in [1.165, 1.54) is 0 Å². The number of aromatic amines is 1. The number of H-pyrrole nitrogens is 1. The lowest BCUT2D eigenvalue weighted by Gasteiger charge is -2.34. The third-order valence-electron chi connectivity index (χ3n) is 5.49. The summed E-state index contributed by atoms with van der Waals surface area (Å²) in [6, 6.07) is 11.9. The van der Waals surface area contributed by atoms with Gasteiger partial charge in [-0.3, -0.25) is 9.78 Å². The van der Waals surface area contributed by atoms with Gasteiger partial charge >= 0.3 is 0 Å². The van der Waals surface area contributed by atoms with Crippen LogP contribution in [0.1, 0.15) is 12.8 Å². The average Bonchev–Trinajstić information content (AvgIpc) is 3.27. The Morgan fingerprint density at radius 2 is 2.10 bits per heavy atom. The molecule has 3 N–H and O–H groups in total. The highest BCUT2D eigenvalue weighted by Crippen LogP contribution is 2.25.